The van der Waals surface area contributed by atoms with Gasteiger partial charge in [0.25, 0.3) is 10.1 Å². The number of sulfone groups is 1. The van der Waals surface area contributed by atoms with Gasteiger partial charge in [-0.05, 0) is 31.2 Å². The summed E-state index contributed by atoms with van der Waals surface area (Å²) in [5.74, 6) is 0. The molecule has 0 aliphatic carbocycles. The Morgan fingerprint density at radius 1 is 1.12 bits per heavy atom. The number of benzene rings is 1. The van der Waals surface area contributed by atoms with Crippen molar-refractivity contribution in [2.75, 3.05) is 11.7 Å². The molecule has 17 heavy (non-hydrogen) atoms. The van der Waals surface area contributed by atoms with E-state index in [1.165, 1.54) is 31.2 Å². The van der Waals surface area contributed by atoms with Crippen LogP contribution in [0.4, 0.5) is 0 Å². The Hall–Kier alpha value is -0.630. The van der Waals surface area contributed by atoms with Crippen LogP contribution in [0.1, 0.15) is 6.92 Å². The highest BCUT2D eigenvalue weighted by Crippen LogP contribution is 2.17. The molecule has 8 heteroatoms. The first-order valence-corrected chi connectivity index (χ1v) is 8.23. The summed E-state index contributed by atoms with van der Waals surface area (Å²) >= 11 is 5.61. The van der Waals surface area contributed by atoms with Crippen LogP contribution in [0.15, 0.2) is 29.2 Å². The predicted molar refractivity (Wildman–Crippen MR) is 64.1 cm³/mol. The molecule has 1 aromatic rings. The monoisotopic (exact) mass is 298 g/mol. The zero-order valence-corrected chi connectivity index (χ0v) is 11.3. The van der Waals surface area contributed by atoms with E-state index in [-0.39, 0.29) is 11.5 Å². The van der Waals surface area contributed by atoms with Crippen LogP contribution in [0.5, 0.6) is 0 Å². The summed E-state index contributed by atoms with van der Waals surface area (Å²) in [6.07, 6.45) is 0. The SMILES string of the molecule is CCOS(=O)(=O)CS(=O)(=O)c1ccc(Cl)cc1. The average Bonchev–Trinajstić information content (AvgIpc) is 2.16. The highest BCUT2D eigenvalue weighted by Gasteiger charge is 2.24. The van der Waals surface area contributed by atoms with Crippen LogP contribution in [0.3, 0.4) is 0 Å². The third-order valence-electron chi connectivity index (χ3n) is 1.77. The van der Waals surface area contributed by atoms with Gasteiger partial charge < -0.3 is 0 Å². The lowest BCUT2D eigenvalue weighted by molar-refractivity contribution is 0.341. The molecule has 0 fully saturated rings. The van der Waals surface area contributed by atoms with Crippen LogP contribution >= 0.6 is 11.6 Å². The van der Waals surface area contributed by atoms with Gasteiger partial charge in [0.15, 0.2) is 14.9 Å². The molecule has 0 radical (unpaired) electrons. The smallest absolute Gasteiger partial charge is 0.270 e. The summed E-state index contributed by atoms with van der Waals surface area (Å²) in [4.78, 5) is -0.106. The first-order chi connectivity index (χ1) is 7.77. The number of halogens is 1. The first-order valence-electron chi connectivity index (χ1n) is 4.62. The molecule has 5 nitrogen and oxygen atoms in total. The standard InChI is InChI=1S/C9H11ClO5S2/c1-2-15-17(13,14)7-16(11,12)9-5-3-8(10)4-6-9/h3-6H,2,7H2,1H3. The molecule has 0 unspecified atom stereocenters. The van der Waals surface area contributed by atoms with E-state index in [1.54, 1.807) is 0 Å². The van der Waals surface area contributed by atoms with Crippen LogP contribution in [0, 0.1) is 0 Å². The van der Waals surface area contributed by atoms with Crippen molar-refractivity contribution in [1.29, 1.82) is 0 Å². The highest BCUT2D eigenvalue weighted by molar-refractivity contribution is 8.06. The van der Waals surface area contributed by atoms with E-state index < -0.39 is 25.0 Å². The topological polar surface area (TPSA) is 77.5 Å². The minimum atomic E-state index is -4.07. The maximum absolute atomic E-state index is 11.7. The van der Waals surface area contributed by atoms with Crippen molar-refractivity contribution in [3.8, 4) is 0 Å². The third kappa shape index (κ3) is 4.27. The molecule has 1 aromatic carbocycles. The first kappa shape index (κ1) is 14.4. The zero-order chi connectivity index (χ0) is 13.1. The fraction of sp³-hybridized carbons (Fsp3) is 0.333. The van der Waals surface area contributed by atoms with Gasteiger partial charge in [-0.2, -0.15) is 8.42 Å². The van der Waals surface area contributed by atoms with Crippen molar-refractivity contribution in [1.82, 2.24) is 0 Å². The Labute approximate surface area is 105 Å². The Morgan fingerprint density at radius 3 is 2.12 bits per heavy atom. The van der Waals surface area contributed by atoms with E-state index in [0.29, 0.717) is 5.02 Å². The minimum absolute atomic E-state index is 0.0987. The van der Waals surface area contributed by atoms with E-state index in [2.05, 4.69) is 4.18 Å². The summed E-state index contributed by atoms with van der Waals surface area (Å²) in [6.45, 7) is 1.37. The molecule has 0 saturated carbocycles. The maximum atomic E-state index is 11.7. The van der Waals surface area contributed by atoms with E-state index in [9.17, 15) is 16.8 Å². The van der Waals surface area contributed by atoms with Crippen molar-refractivity contribution in [3.63, 3.8) is 0 Å². The summed E-state index contributed by atoms with van der Waals surface area (Å²) < 4.78 is 50.4. The summed E-state index contributed by atoms with van der Waals surface area (Å²) in [5.41, 5.74) is 0. The van der Waals surface area contributed by atoms with Crippen LogP contribution < -0.4 is 0 Å². The molecule has 1 rings (SSSR count). The lowest BCUT2D eigenvalue weighted by atomic mass is 10.4. The van der Waals surface area contributed by atoms with Gasteiger partial charge in [0.2, 0.25) is 0 Å². The predicted octanol–water partition coefficient (Wildman–Crippen LogP) is 1.44. The Kier molecular flexibility index (Phi) is 4.54. The molecule has 0 aliphatic heterocycles. The Balaban J connectivity index is 3.01. The highest BCUT2D eigenvalue weighted by atomic mass is 35.5. The van der Waals surface area contributed by atoms with Gasteiger partial charge in [0, 0.05) is 5.02 Å². The average molecular weight is 299 g/mol. The van der Waals surface area contributed by atoms with Crippen molar-refractivity contribution < 1.29 is 21.0 Å². The summed E-state index contributed by atoms with van der Waals surface area (Å²) in [7, 11) is -8.00. The van der Waals surface area contributed by atoms with Crippen LogP contribution in [0.25, 0.3) is 0 Å². The molecule has 0 N–H and O–H groups in total. The largest absolute Gasteiger partial charge is 0.282 e. The van der Waals surface area contributed by atoms with Gasteiger partial charge in [0.1, 0.15) is 0 Å². The minimum Gasteiger partial charge on any atom is -0.270 e. The molecular weight excluding hydrogens is 288 g/mol. The zero-order valence-electron chi connectivity index (χ0n) is 8.96. The molecule has 0 bridgehead atoms. The van der Waals surface area contributed by atoms with Gasteiger partial charge in [-0.3, -0.25) is 4.18 Å². The maximum Gasteiger partial charge on any atom is 0.282 e. The van der Waals surface area contributed by atoms with E-state index in [1.807, 2.05) is 0 Å². The number of hydrogen-bond acceptors (Lipinski definition) is 5. The fourth-order valence-corrected chi connectivity index (χ4v) is 4.49. The second kappa shape index (κ2) is 5.34. The summed E-state index contributed by atoms with van der Waals surface area (Å²) in [5, 5.41) is -0.702. The Bertz CT molecular complexity index is 574. The van der Waals surface area contributed by atoms with Crippen molar-refractivity contribution in [2.24, 2.45) is 0 Å². The second-order valence-electron chi connectivity index (χ2n) is 3.15. The molecule has 0 saturated heterocycles. The number of rotatable bonds is 5. The normalized spacial score (nSPS) is 12.6. The van der Waals surface area contributed by atoms with E-state index >= 15 is 0 Å². The van der Waals surface area contributed by atoms with Gasteiger partial charge in [-0.15, -0.1) is 0 Å². The molecular formula is C9H11ClO5S2. The van der Waals surface area contributed by atoms with Crippen molar-refractivity contribution in [3.05, 3.63) is 29.3 Å². The molecule has 0 amide bonds. The molecule has 0 spiro atoms. The quantitative estimate of drug-likeness (QED) is 0.769. The van der Waals surface area contributed by atoms with E-state index in [4.69, 9.17) is 11.6 Å². The third-order valence-corrected chi connectivity index (χ3v) is 6.00. The molecule has 0 heterocycles. The van der Waals surface area contributed by atoms with Crippen LogP contribution in [-0.2, 0) is 24.1 Å². The van der Waals surface area contributed by atoms with Gasteiger partial charge in [-0.1, -0.05) is 11.6 Å². The van der Waals surface area contributed by atoms with Crippen LogP contribution in [0.2, 0.25) is 5.02 Å². The van der Waals surface area contributed by atoms with Gasteiger partial charge in [0.05, 0.1) is 11.5 Å². The molecule has 0 aliphatic rings. The van der Waals surface area contributed by atoms with Gasteiger partial charge >= 0.3 is 0 Å². The lowest BCUT2D eigenvalue weighted by Gasteiger charge is -2.05. The van der Waals surface area contributed by atoms with Crippen molar-refractivity contribution in [2.45, 2.75) is 11.8 Å². The lowest BCUT2D eigenvalue weighted by Crippen LogP contribution is -2.19. The second-order valence-corrected chi connectivity index (χ2v) is 7.58. The van der Waals surface area contributed by atoms with Crippen molar-refractivity contribution >= 4 is 31.6 Å². The van der Waals surface area contributed by atoms with E-state index in [0.717, 1.165) is 0 Å². The molecule has 96 valence electrons. The van der Waals surface area contributed by atoms with Gasteiger partial charge in [-0.25, -0.2) is 8.42 Å². The molecule has 0 atom stereocenters. The fourth-order valence-electron chi connectivity index (χ4n) is 1.11. The number of hydrogen-bond donors (Lipinski definition) is 0. The molecule has 0 aromatic heterocycles. The summed E-state index contributed by atoms with van der Waals surface area (Å²) in [6, 6.07) is 5.25. The Morgan fingerprint density at radius 2 is 1.65 bits per heavy atom. The van der Waals surface area contributed by atoms with Crippen LogP contribution in [-0.4, -0.2) is 28.5 Å².